The van der Waals surface area contributed by atoms with E-state index in [-0.39, 0.29) is 6.10 Å². The van der Waals surface area contributed by atoms with Crippen LogP contribution in [-0.2, 0) is 0 Å². The number of hydrogen-bond acceptors (Lipinski definition) is 1. The van der Waals surface area contributed by atoms with Crippen LogP contribution in [0.15, 0.2) is 43.0 Å². The van der Waals surface area contributed by atoms with Gasteiger partial charge in [0.2, 0.25) is 0 Å². The van der Waals surface area contributed by atoms with Gasteiger partial charge in [-0.3, -0.25) is 0 Å². The standard InChI is InChI=1S/C13H14O/c1-2-10-3-5-11(6-4-10)12-7-8-13(14)9-12/h2-8,12-14H,1,9H2. The first-order valence-corrected chi connectivity index (χ1v) is 4.88. The number of aliphatic hydroxyl groups is 1. The number of rotatable bonds is 2. The monoisotopic (exact) mass is 186 g/mol. The predicted octanol–water partition coefficient (Wildman–Crippen LogP) is 2.73. The minimum Gasteiger partial charge on any atom is -0.389 e. The van der Waals surface area contributed by atoms with Crippen molar-refractivity contribution >= 4 is 6.08 Å². The summed E-state index contributed by atoms with van der Waals surface area (Å²) < 4.78 is 0. The first kappa shape index (κ1) is 9.22. The number of allylic oxidation sites excluding steroid dienone is 1. The fraction of sp³-hybridized carbons (Fsp3) is 0.231. The van der Waals surface area contributed by atoms with E-state index in [9.17, 15) is 5.11 Å². The summed E-state index contributed by atoms with van der Waals surface area (Å²) in [6.45, 7) is 3.72. The van der Waals surface area contributed by atoms with E-state index < -0.39 is 0 Å². The Morgan fingerprint density at radius 3 is 2.43 bits per heavy atom. The van der Waals surface area contributed by atoms with Crippen molar-refractivity contribution in [3.63, 3.8) is 0 Å². The second-order valence-corrected chi connectivity index (χ2v) is 3.67. The molecule has 0 radical (unpaired) electrons. The lowest BCUT2D eigenvalue weighted by atomic mass is 9.97. The molecule has 0 heterocycles. The van der Waals surface area contributed by atoms with Gasteiger partial charge in [0.15, 0.2) is 0 Å². The second-order valence-electron chi connectivity index (χ2n) is 3.67. The zero-order chi connectivity index (χ0) is 9.97. The van der Waals surface area contributed by atoms with Crippen molar-refractivity contribution in [3.05, 3.63) is 54.1 Å². The minimum absolute atomic E-state index is 0.265. The smallest absolute Gasteiger partial charge is 0.0729 e. The second kappa shape index (κ2) is 3.81. The first-order chi connectivity index (χ1) is 6.79. The molecule has 1 aromatic rings. The molecule has 2 atom stereocenters. The summed E-state index contributed by atoms with van der Waals surface area (Å²) in [5, 5.41) is 9.36. The molecule has 72 valence electrons. The van der Waals surface area contributed by atoms with Crippen LogP contribution in [0.25, 0.3) is 6.08 Å². The molecule has 0 bridgehead atoms. The predicted molar refractivity (Wildman–Crippen MR) is 59.0 cm³/mol. The zero-order valence-electron chi connectivity index (χ0n) is 8.06. The van der Waals surface area contributed by atoms with E-state index in [2.05, 4.69) is 36.9 Å². The van der Waals surface area contributed by atoms with E-state index in [4.69, 9.17) is 0 Å². The van der Waals surface area contributed by atoms with Crippen molar-refractivity contribution in [2.24, 2.45) is 0 Å². The molecule has 1 aliphatic carbocycles. The molecule has 0 spiro atoms. The van der Waals surface area contributed by atoms with Crippen LogP contribution in [0.5, 0.6) is 0 Å². The Bertz CT molecular complexity index is 348. The molecule has 0 saturated carbocycles. The van der Waals surface area contributed by atoms with Gasteiger partial charge in [-0.2, -0.15) is 0 Å². The normalized spacial score (nSPS) is 25.2. The van der Waals surface area contributed by atoms with E-state index >= 15 is 0 Å². The van der Waals surface area contributed by atoms with Crippen LogP contribution in [0.3, 0.4) is 0 Å². The molecule has 1 heteroatoms. The Morgan fingerprint density at radius 1 is 1.21 bits per heavy atom. The van der Waals surface area contributed by atoms with Crippen molar-refractivity contribution in [2.75, 3.05) is 0 Å². The molecule has 1 aliphatic rings. The summed E-state index contributed by atoms with van der Waals surface area (Å²) in [7, 11) is 0. The van der Waals surface area contributed by atoms with Crippen LogP contribution >= 0.6 is 0 Å². The van der Waals surface area contributed by atoms with Gasteiger partial charge >= 0.3 is 0 Å². The fourth-order valence-corrected chi connectivity index (χ4v) is 1.81. The maximum Gasteiger partial charge on any atom is 0.0729 e. The third-order valence-electron chi connectivity index (χ3n) is 2.66. The van der Waals surface area contributed by atoms with E-state index in [0.29, 0.717) is 5.92 Å². The highest BCUT2D eigenvalue weighted by molar-refractivity contribution is 5.48. The van der Waals surface area contributed by atoms with Gasteiger partial charge in [0.1, 0.15) is 0 Å². The molecular formula is C13H14O. The average Bonchev–Trinajstić information content (AvgIpc) is 2.65. The maximum absolute atomic E-state index is 9.36. The summed E-state index contributed by atoms with van der Waals surface area (Å²) in [6, 6.07) is 8.32. The molecule has 0 aliphatic heterocycles. The summed E-state index contributed by atoms with van der Waals surface area (Å²) >= 11 is 0. The van der Waals surface area contributed by atoms with E-state index in [1.807, 2.05) is 12.2 Å². The van der Waals surface area contributed by atoms with Gasteiger partial charge in [0.25, 0.3) is 0 Å². The molecule has 0 aromatic heterocycles. The van der Waals surface area contributed by atoms with Crippen molar-refractivity contribution in [1.29, 1.82) is 0 Å². The number of aliphatic hydroxyl groups excluding tert-OH is 1. The van der Waals surface area contributed by atoms with Gasteiger partial charge in [0, 0.05) is 5.92 Å². The Hall–Kier alpha value is -1.34. The molecule has 2 rings (SSSR count). The highest BCUT2D eigenvalue weighted by atomic mass is 16.3. The summed E-state index contributed by atoms with van der Waals surface area (Å²) in [5.74, 6) is 0.379. The maximum atomic E-state index is 9.36. The third kappa shape index (κ3) is 1.78. The fourth-order valence-electron chi connectivity index (χ4n) is 1.81. The molecule has 1 aromatic carbocycles. The molecule has 2 unspecified atom stereocenters. The lowest BCUT2D eigenvalue weighted by molar-refractivity contribution is 0.218. The SMILES string of the molecule is C=Cc1ccc(C2C=CC(O)C2)cc1. The van der Waals surface area contributed by atoms with Crippen molar-refractivity contribution < 1.29 is 5.11 Å². The number of benzene rings is 1. The average molecular weight is 186 g/mol. The van der Waals surface area contributed by atoms with Crippen molar-refractivity contribution in [1.82, 2.24) is 0 Å². The Kier molecular flexibility index (Phi) is 2.51. The highest BCUT2D eigenvalue weighted by Crippen LogP contribution is 2.28. The lowest BCUT2D eigenvalue weighted by Crippen LogP contribution is -2.00. The largest absolute Gasteiger partial charge is 0.389 e. The minimum atomic E-state index is -0.265. The Balaban J connectivity index is 2.17. The van der Waals surface area contributed by atoms with E-state index in [1.54, 1.807) is 0 Å². The molecule has 1 nitrogen and oxygen atoms in total. The van der Waals surface area contributed by atoms with Gasteiger partial charge in [-0.15, -0.1) is 0 Å². The zero-order valence-corrected chi connectivity index (χ0v) is 8.06. The lowest BCUT2D eigenvalue weighted by Gasteiger charge is -2.09. The van der Waals surface area contributed by atoms with Gasteiger partial charge in [-0.25, -0.2) is 0 Å². The van der Waals surface area contributed by atoms with E-state index in [0.717, 1.165) is 12.0 Å². The van der Waals surface area contributed by atoms with Gasteiger partial charge in [0.05, 0.1) is 6.10 Å². The molecule has 14 heavy (non-hydrogen) atoms. The molecular weight excluding hydrogens is 172 g/mol. The van der Waals surface area contributed by atoms with Gasteiger partial charge in [-0.1, -0.05) is 49.1 Å². The van der Waals surface area contributed by atoms with Crippen LogP contribution in [0, 0.1) is 0 Å². The van der Waals surface area contributed by atoms with Gasteiger partial charge < -0.3 is 5.11 Å². The molecule has 0 amide bonds. The third-order valence-corrected chi connectivity index (χ3v) is 2.66. The molecule has 0 saturated heterocycles. The Morgan fingerprint density at radius 2 is 1.93 bits per heavy atom. The van der Waals surface area contributed by atoms with Crippen molar-refractivity contribution in [3.8, 4) is 0 Å². The van der Waals surface area contributed by atoms with Crippen LogP contribution in [0.4, 0.5) is 0 Å². The van der Waals surface area contributed by atoms with E-state index in [1.165, 1.54) is 5.56 Å². The summed E-state index contributed by atoms with van der Waals surface area (Å²) in [6.07, 6.45) is 6.33. The topological polar surface area (TPSA) is 20.2 Å². The van der Waals surface area contributed by atoms with Crippen LogP contribution in [-0.4, -0.2) is 11.2 Å². The summed E-state index contributed by atoms with van der Waals surface area (Å²) in [4.78, 5) is 0. The van der Waals surface area contributed by atoms with Crippen LogP contribution < -0.4 is 0 Å². The first-order valence-electron chi connectivity index (χ1n) is 4.88. The van der Waals surface area contributed by atoms with Crippen molar-refractivity contribution in [2.45, 2.75) is 18.4 Å². The summed E-state index contributed by atoms with van der Waals surface area (Å²) in [5.41, 5.74) is 2.40. The Labute approximate surface area is 84.4 Å². The van der Waals surface area contributed by atoms with Gasteiger partial charge in [-0.05, 0) is 17.5 Å². The van der Waals surface area contributed by atoms with Crippen LogP contribution in [0.2, 0.25) is 0 Å². The van der Waals surface area contributed by atoms with Crippen LogP contribution in [0.1, 0.15) is 23.5 Å². The molecule has 1 N–H and O–H groups in total. The quantitative estimate of drug-likeness (QED) is 0.704. The number of hydrogen-bond donors (Lipinski definition) is 1. The highest BCUT2D eigenvalue weighted by Gasteiger charge is 2.17. The molecule has 0 fully saturated rings.